The summed E-state index contributed by atoms with van der Waals surface area (Å²) in [6.07, 6.45) is 2.00. The molecule has 1 heterocycles. The molecule has 0 aliphatic heterocycles. The molecule has 3 rings (SSSR count). The van der Waals surface area contributed by atoms with Crippen LogP contribution < -0.4 is 4.74 Å². The Labute approximate surface area is 158 Å². The van der Waals surface area contributed by atoms with Crippen molar-refractivity contribution in [3.8, 4) is 17.1 Å². The molecule has 138 valence electrons. The van der Waals surface area contributed by atoms with Crippen molar-refractivity contribution in [2.45, 2.75) is 13.0 Å². The molecular formula is C21H21N3O3. The molecule has 0 fully saturated rings. The number of nitrogens with zero attached hydrogens (tertiary/aromatic N) is 3. The van der Waals surface area contributed by atoms with Crippen molar-refractivity contribution in [2.24, 2.45) is 0 Å². The van der Waals surface area contributed by atoms with Gasteiger partial charge in [0.15, 0.2) is 0 Å². The highest BCUT2D eigenvalue weighted by molar-refractivity contribution is 5.78. The van der Waals surface area contributed by atoms with Crippen molar-refractivity contribution < 1.29 is 14.1 Å². The topological polar surface area (TPSA) is 68.5 Å². The number of carbonyl (C=O) groups excluding carboxylic acids is 1. The highest BCUT2D eigenvalue weighted by atomic mass is 16.5. The fourth-order valence-corrected chi connectivity index (χ4v) is 2.63. The Hall–Kier alpha value is -3.41. The lowest BCUT2D eigenvalue weighted by Gasteiger charge is -2.19. The molecule has 0 bridgehead atoms. The third-order valence-electron chi connectivity index (χ3n) is 4.04. The summed E-state index contributed by atoms with van der Waals surface area (Å²) >= 11 is 0. The number of amides is 1. The predicted octanol–water partition coefficient (Wildman–Crippen LogP) is 3.50. The summed E-state index contributed by atoms with van der Waals surface area (Å²) in [7, 11) is 1.61. The van der Waals surface area contributed by atoms with E-state index in [1.54, 1.807) is 18.1 Å². The second kappa shape index (κ2) is 8.80. The second-order valence-corrected chi connectivity index (χ2v) is 5.97. The lowest BCUT2D eigenvalue weighted by molar-refractivity contribution is -0.130. The van der Waals surface area contributed by atoms with Crippen LogP contribution in [0.3, 0.4) is 0 Å². The van der Waals surface area contributed by atoms with Crippen molar-refractivity contribution in [3.05, 3.63) is 78.7 Å². The largest absolute Gasteiger partial charge is 0.497 e. The molecule has 0 unspecified atom stereocenters. The summed E-state index contributed by atoms with van der Waals surface area (Å²) in [6, 6.07) is 17.0. The Morgan fingerprint density at radius 1 is 1.19 bits per heavy atom. The number of hydrogen-bond acceptors (Lipinski definition) is 5. The highest BCUT2D eigenvalue weighted by Crippen LogP contribution is 2.20. The van der Waals surface area contributed by atoms with Crippen molar-refractivity contribution >= 4 is 5.91 Å². The van der Waals surface area contributed by atoms with Crippen LogP contribution >= 0.6 is 0 Å². The Bertz CT molecular complexity index is 889. The number of rotatable bonds is 8. The lowest BCUT2D eigenvalue weighted by Crippen LogP contribution is -2.32. The van der Waals surface area contributed by atoms with Gasteiger partial charge in [-0.15, -0.1) is 6.58 Å². The Morgan fingerprint density at radius 3 is 2.59 bits per heavy atom. The van der Waals surface area contributed by atoms with Crippen LogP contribution in [0.1, 0.15) is 11.5 Å². The SMILES string of the molecule is C=CCN(Cc1nc(-c2ccc(OC)cc2)no1)C(=O)Cc1ccccc1. The van der Waals surface area contributed by atoms with Gasteiger partial charge in [-0.2, -0.15) is 4.98 Å². The van der Waals surface area contributed by atoms with Gasteiger partial charge in [0, 0.05) is 12.1 Å². The minimum atomic E-state index is -0.0229. The Kier molecular flexibility index (Phi) is 5.99. The maximum atomic E-state index is 12.6. The van der Waals surface area contributed by atoms with Gasteiger partial charge in [0.05, 0.1) is 13.5 Å². The fraction of sp³-hybridized carbons (Fsp3) is 0.190. The number of benzene rings is 2. The molecule has 0 N–H and O–H groups in total. The Balaban J connectivity index is 1.70. The predicted molar refractivity (Wildman–Crippen MR) is 102 cm³/mol. The average molecular weight is 363 g/mol. The van der Waals surface area contributed by atoms with Crippen LogP contribution in [0.25, 0.3) is 11.4 Å². The van der Waals surface area contributed by atoms with E-state index in [-0.39, 0.29) is 12.5 Å². The highest BCUT2D eigenvalue weighted by Gasteiger charge is 2.17. The van der Waals surface area contributed by atoms with E-state index < -0.39 is 0 Å². The summed E-state index contributed by atoms with van der Waals surface area (Å²) in [5, 5.41) is 4.01. The molecule has 0 radical (unpaired) electrons. The first-order chi connectivity index (χ1) is 13.2. The van der Waals surface area contributed by atoms with Crippen LogP contribution in [0.4, 0.5) is 0 Å². The number of hydrogen-bond donors (Lipinski definition) is 0. The van der Waals surface area contributed by atoms with Gasteiger partial charge in [-0.05, 0) is 29.8 Å². The van der Waals surface area contributed by atoms with E-state index >= 15 is 0 Å². The van der Waals surface area contributed by atoms with E-state index in [1.807, 2.05) is 54.6 Å². The first kappa shape index (κ1) is 18.4. The van der Waals surface area contributed by atoms with Gasteiger partial charge in [0.2, 0.25) is 17.6 Å². The van der Waals surface area contributed by atoms with Gasteiger partial charge < -0.3 is 14.2 Å². The zero-order valence-corrected chi connectivity index (χ0v) is 15.2. The van der Waals surface area contributed by atoms with Crippen molar-refractivity contribution in [1.29, 1.82) is 0 Å². The first-order valence-corrected chi connectivity index (χ1v) is 8.59. The van der Waals surface area contributed by atoms with Gasteiger partial charge in [-0.1, -0.05) is 41.6 Å². The average Bonchev–Trinajstić information content (AvgIpc) is 3.17. The van der Waals surface area contributed by atoms with E-state index in [0.717, 1.165) is 16.9 Å². The molecule has 27 heavy (non-hydrogen) atoms. The first-order valence-electron chi connectivity index (χ1n) is 8.59. The standard InChI is InChI=1S/C21H21N3O3/c1-3-13-24(20(25)14-16-7-5-4-6-8-16)15-19-22-21(23-27-19)17-9-11-18(26-2)12-10-17/h3-12H,1,13-15H2,2H3. The molecule has 2 aromatic carbocycles. The zero-order chi connectivity index (χ0) is 19.1. The maximum Gasteiger partial charge on any atom is 0.246 e. The molecular weight excluding hydrogens is 342 g/mol. The van der Waals surface area contributed by atoms with E-state index in [1.165, 1.54) is 0 Å². The van der Waals surface area contributed by atoms with E-state index in [2.05, 4.69) is 16.7 Å². The van der Waals surface area contributed by atoms with Crippen LogP contribution in [-0.4, -0.2) is 34.6 Å². The third-order valence-corrected chi connectivity index (χ3v) is 4.04. The van der Waals surface area contributed by atoms with Crippen LogP contribution in [0.15, 0.2) is 71.8 Å². The van der Waals surface area contributed by atoms with E-state index in [0.29, 0.717) is 24.7 Å². The normalized spacial score (nSPS) is 10.4. The third kappa shape index (κ3) is 4.82. The summed E-state index contributed by atoms with van der Waals surface area (Å²) in [5.74, 6) is 1.59. The molecule has 0 atom stereocenters. The molecule has 6 nitrogen and oxygen atoms in total. The summed E-state index contributed by atoms with van der Waals surface area (Å²) in [5.41, 5.74) is 1.78. The van der Waals surface area contributed by atoms with Crippen LogP contribution in [0, 0.1) is 0 Å². The minimum Gasteiger partial charge on any atom is -0.497 e. The number of ether oxygens (including phenoxy) is 1. The number of carbonyl (C=O) groups is 1. The fourth-order valence-electron chi connectivity index (χ4n) is 2.63. The monoisotopic (exact) mass is 363 g/mol. The van der Waals surface area contributed by atoms with Crippen LogP contribution in [0.5, 0.6) is 5.75 Å². The van der Waals surface area contributed by atoms with E-state index in [9.17, 15) is 4.79 Å². The molecule has 0 saturated carbocycles. The van der Waals surface area contributed by atoms with Gasteiger partial charge in [-0.25, -0.2) is 0 Å². The molecule has 1 aromatic heterocycles. The van der Waals surface area contributed by atoms with Crippen LogP contribution in [-0.2, 0) is 17.8 Å². The van der Waals surface area contributed by atoms with Gasteiger partial charge in [0.25, 0.3) is 0 Å². The van der Waals surface area contributed by atoms with Crippen LogP contribution in [0.2, 0.25) is 0 Å². The minimum absolute atomic E-state index is 0.0229. The van der Waals surface area contributed by atoms with Crippen molar-refractivity contribution in [2.75, 3.05) is 13.7 Å². The van der Waals surface area contributed by atoms with Crippen molar-refractivity contribution in [1.82, 2.24) is 15.0 Å². The molecule has 6 heteroatoms. The van der Waals surface area contributed by atoms with Gasteiger partial charge in [0.1, 0.15) is 12.3 Å². The van der Waals surface area contributed by atoms with E-state index in [4.69, 9.17) is 9.26 Å². The summed E-state index contributed by atoms with van der Waals surface area (Å²) in [6.45, 7) is 4.37. The maximum absolute atomic E-state index is 12.6. The molecule has 1 amide bonds. The molecule has 0 aliphatic carbocycles. The molecule has 3 aromatic rings. The lowest BCUT2D eigenvalue weighted by atomic mass is 10.1. The summed E-state index contributed by atoms with van der Waals surface area (Å²) in [4.78, 5) is 18.7. The molecule has 0 saturated heterocycles. The quantitative estimate of drug-likeness (QED) is 0.573. The number of methoxy groups -OCH3 is 1. The van der Waals surface area contributed by atoms with Gasteiger partial charge >= 0.3 is 0 Å². The number of aromatic nitrogens is 2. The van der Waals surface area contributed by atoms with Gasteiger partial charge in [-0.3, -0.25) is 4.79 Å². The Morgan fingerprint density at radius 2 is 1.93 bits per heavy atom. The zero-order valence-electron chi connectivity index (χ0n) is 15.2. The molecule has 0 aliphatic rings. The van der Waals surface area contributed by atoms with Crippen molar-refractivity contribution in [3.63, 3.8) is 0 Å². The summed E-state index contributed by atoms with van der Waals surface area (Å²) < 4.78 is 10.5. The molecule has 0 spiro atoms. The smallest absolute Gasteiger partial charge is 0.246 e. The second-order valence-electron chi connectivity index (χ2n) is 5.97.